The van der Waals surface area contributed by atoms with Gasteiger partial charge >= 0.3 is 0 Å². The number of nitrogens with one attached hydrogen (secondary N) is 1. The van der Waals surface area contributed by atoms with Crippen molar-refractivity contribution < 1.29 is 9.90 Å². The zero-order valence-electron chi connectivity index (χ0n) is 14.6. The van der Waals surface area contributed by atoms with Crippen LogP contribution in [0.2, 0.25) is 0 Å². The van der Waals surface area contributed by atoms with Gasteiger partial charge in [0, 0.05) is 18.5 Å². The first-order chi connectivity index (χ1) is 9.47. The molecule has 1 aliphatic rings. The van der Waals surface area contributed by atoms with E-state index in [-0.39, 0.29) is 23.3 Å². The zero-order chi connectivity index (χ0) is 16.4. The Morgan fingerprint density at radius 2 is 2.00 bits per heavy atom. The van der Waals surface area contributed by atoms with Gasteiger partial charge in [0.25, 0.3) is 0 Å². The van der Waals surface area contributed by atoms with Crippen LogP contribution in [0.5, 0.6) is 0 Å². The molecule has 0 radical (unpaired) electrons. The van der Waals surface area contributed by atoms with Gasteiger partial charge in [0.1, 0.15) is 0 Å². The first kappa shape index (κ1) is 18.4. The molecule has 0 aromatic rings. The van der Waals surface area contributed by atoms with Crippen LogP contribution in [0.1, 0.15) is 60.8 Å². The monoisotopic (exact) mass is 298 g/mol. The Labute approximate surface area is 129 Å². The number of carbonyl (C=O) groups is 1. The van der Waals surface area contributed by atoms with Crippen molar-refractivity contribution in [1.82, 2.24) is 5.32 Å². The predicted octanol–water partition coefficient (Wildman–Crippen LogP) is 2.30. The number of rotatable bonds is 5. The molecule has 4 unspecified atom stereocenters. The molecule has 0 aliphatic heterocycles. The second kappa shape index (κ2) is 6.66. The highest BCUT2D eigenvalue weighted by Gasteiger charge is 2.45. The van der Waals surface area contributed by atoms with Crippen LogP contribution in [0.3, 0.4) is 0 Å². The second-order valence-electron chi connectivity index (χ2n) is 8.22. The molecule has 1 rings (SSSR count). The van der Waals surface area contributed by atoms with Crippen LogP contribution in [0.15, 0.2) is 0 Å². The minimum Gasteiger partial charge on any atom is -0.388 e. The number of carbonyl (C=O) groups excluding carboxylic acids is 1. The molecule has 1 aliphatic carbocycles. The lowest BCUT2D eigenvalue weighted by Gasteiger charge is -2.46. The van der Waals surface area contributed by atoms with Gasteiger partial charge in [0.05, 0.1) is 5.60 Å². The molecule has 4 N–H and O–H groups in total. The largest absolute Gasteiger partial charge is 0.388 e. The summed E-state index contributed by atoms with van der Waals surface area (Å²) in [5, 5.41) is 13.3. The molecule has 0 aromatic heterocycles. The second-order valence-corrected chi connectivity index (χ2v) is 8.22. The first-order valence-corrected chi connectivity index (χ1v) is 8.23. The average molecular weight is 298 g/mol. The van der Waals surface area contributed by atoms with Crippen molar-refractivity contribution in [3.8, 4) is 0 Å². The molecule has 0 spiro atoms. The van der Waals surface area contributed by atoms with Crippen molar-refractivity contribution in [3.63, 3.8) is 0 Å². The molecular weight excluding hydrogens is 264 g/mol. The van der Waals surface area contributed by atoms with Crippen LogP contribution < -0.4 is 11.1 Å². The van der Waals surface area contributed by atoms with Crippen molar-refractivity contribution in [1.29, 1.82) is 0 Å². The van der Waals surface area contributed by atoms with Gasteiger partial charge in [-0.2, -0.15) is 0 Å². The van der Waals surface area contributed by atoms with E-state index in [1.54, 1.807) is 6.92 Å². The lowest BCUT2D eigenvalue weighted by atomic mass is 9.61. The lowest BCUT2D eigenvalue weighted by molar-refractivity contribution is -0.133. The minimum atomic E-state index is -0.843. The summed E-state index contributed by atoms with van der Waals surface area (Å²) in [5.74, 6) is 0.754. The summed E-state index contributed by atoms with van der Waals surface area (Å²) >= 11 is 0. The highest BCUT2D eigenvalue weighted by molar-refractivity contribution is 5.79. The van der Waals surface area contributed by atoms with E-state index >= 15 is 0 Å². The van der Waals surface area contributed by atoms with Crippen LogP contribution in [-0.4, -0.2) is 29.2 Å². The average Bonchev–Trinajstić information content (AvgIpc) is 2.32. The molecule has 1 fully saturated rings. The predicted molar refractivity (Wildman–Crippen MR) is 86.7 cm³/mol. The maximum Gasteiger partial charge on any atom is 0.223 e. The molecule has 124 valence electrons. The number of amides is 1. The van der Waals surface area contributed by atoms with Gasteiger partial charge in [-0.25, -0.2) is 0 Å². The number of nitrogens with two attached hydrogens (primary N) is 1. The van der Waals surface area contributed by atoms with E-state index in [0.29, 0.717) is 24.8 Å². The van der Waals surface area contributed by atoms with Gasteiger partial charge < -0.3 is 16.2 Å². The third-order valence-electron chi connectivity index (χ3n) is 5.31. The van der Waals surface area contributed by atoms with Crippen molar-refractivity contribution in [2.45, 2.75) is 72.4 Å². The Hall–Kier alpha value is -0.610. The van der Waals surface area contributed by atoms with Gasteiger partial charge in [-0.1, -0.05) is 34.6 Å². The Kier molecular flexibility index (Phi) is 5.84. The maximum absolute atomic E-state index is 12.5. The van der Waals surface area contributed by atoms with Gasteiger partial charge in [0.2, 0.25) is 5.91 Å². The summed E-state index contributed by atoms with van der Waals surface area (Å²) in [6, 6.07) is 0.174. The summed E-state index contributed by atoms with van der Waals surface area (Å²) < 4.78 is 0. The lowest BCUT2D eigenvalue weighted by Crippen LogP contribution is -2.53. The summed E-state index contributed by atoms with van der Waals surface area (Å²) in [4.78, 5) is 12.5. The van der Waals surface area contributed by atoms with Crippen LogP contribution in [-0.2, 0) is 4.79 Å². The molecule has 4 nitrogen and oxygen atoms in total. The quantitative estimate of drug-likeness (QED) is 0.729. The molecule has 1 amide bonds. The Morgan fingerprint density at radius 1 is 1.43 bits per heavy atom. The highest BCUT2D eigenvalue weighted by Crippen LogP contribution is 2.44. The summed E-state index contributed by atoms with van der Waals surface area (Å²) in [6.45, 7) is 12.7. The fourth-order valence-corrected chi connectivity index (χ4v) is 3.67. The standard InChI is InChI=1S/C17H34N2O2/c1-11(2)9-17(6,21)10-19-15(20)13-7-8-14(18)12(3)16(13,4)5/h11-14,21H,7-10,18H2,1-6H3,(H,19,20). The van der Waals surface area contributed by atoms with Crippen LogP contribution in [0, 0.1) is 23.2 Å². The number of hydrogen-bond acceptors (Lipinski definition) is 3. The van der Waals surface area contributed by atoms with Gasteiger partial charge in [-0.3, -0.25) is 4.79 Å². The van der Waals surface area contributed by atoms with Gasteiger partial charge in [-0.05, 0) is 43.4 Å². The van der Waals surface area contributed by atoms with E-state index in [1.807, 2.05) is 0 Å². The molecular formula is C17H34N2O2. The number of aliphatic hydroxyl groups is 1. The minimum absolute atomic E-state index is 0.0258. The number of hydrogen-bond donors (Lipinski definition) is 3. The Bertz CT molecular complexity index is 364. The highest BCUT2D eigenvalue weighted by atomic mass is 16.3. The van der Waals surface area contributed by atoms with Gasteiger partial charge in [0.15, 0.2) is 0 Å². The molecule has 21 heavy (non-hydrogen) atoms. The molecule has 1 saturated carbocycles. The normalized spacial score (nSPS) is 31.8. The van der Waals surface area contributed by atoms with E-state index in [0.717, 1.165) is 12.8 Å². The Morgan fingerprint density at radius 3 is 2.52 bits per heavy atom. The van der Waals surface area contributed by atoms with Crippen LogP contribution >= 0.6 is 0 Å². The molecule has 0 heterocycles. The van der Waals surface area contributed by atoms with Crippen molar-refractivity contribution >= 4 is 5.91 Å². The SMILES string of the molecule is CC(C)CC(C)(O)CNC(=O)C1CCC(N)C(C)C1(C)C. The molecule has 4 atom stereocenters. The van der Waals surface area contributed by atoms with E-state index < -0.39 is 5.60 Å². The maximum atomic E-state index is 12.5. The van der Waals surface area contributed by atoms with E-state index in [2.05, 4.69) is 39.9 Å². The molecule has 0 aromatic carbocycles. The van der Waals surface area contributed by atoms with Crippen molar-refractivity contribution in [3.05, 3.63) is 0 Å². The third kappa shape index (κ3) is 4.68. The fourth-order valence-electron chi connectivity index (χ4n) is 3.67. The summed E-state index contributed by atoms with van der Waals surface area (Å²) in [6.07, 6.45) is 2.41. The zero-order valence-corrected chi connectivity index (χ0v) is 14.6. The fraction of sp³-hybridized carbons (Fsp3) is 0.941. The summed E-state index contributed by atoms with van der Waals surface area (Å²) in [5.41, 5.74) is 5.19. The summed E-state index contributed by atoms with van der Waals surface area (Å²) in [7, 11) is 0. The van der Waals surface area contributed by atoms with Crippen molar-refractivity contribution in [2.24, 2.45) is 28.9 Å². The van der Waals surface area contributed by atoms with E-state index in [4.69, 9.17) is 5.73 Å². The molecule has 0 bridgehead atoms. The van der Waals surface area contributed by atoms with E-state index in [9.17, 15) is 9.90 Å². The smallest absolute Gasteiger partial charge is 0.223 e. The third-order valence-corrected chi connectivity index (χ3v) is 5.31. The topological polar surface area (TPSA) is 75.3 Å². The molecule has 0 saturated heterocycles. The first-order valence-electron chi connectivity index (χ1n) is 8.23. The van der Waals surface area contributed by atoms with Crippen LogP contribution in [0.4, 0.5) is 0 Å². The van der Waals surface area contributed by atoms with Crippen molar-refractivity contribution in [2.75, 3.05) is 6.54 Å². The van der Waals surface area contributed by atoms with Gasteiger partial charge in [-0.15, -0.1) is 0 Å². The van der Waals surface area contributed by atoms with Crippen LogP contribution in [0.25, 0.3) is 0 Å². The van der Waals surface area contributed by atoms with E-state index in [1.165, 1.54) is 0 Å². The Balaban J connectivity index is 2.63. The molecule has 4 heteroatoms.